The zero-order chi connectivity index (χ0) is 10.3. The van der Waals surface area contributed by atoms with E-state index in [1.807, 2.05) is 0 Å². The van der Waals surface area contributed by atoms with Crippen LogP contribution in [0.4, 0.5) is 0 Å². The van der Waals surface area contributed by atoms with Gasteiger partial charge in [0.15, 0.2) is 0 Å². The third-order valence-electron chi connectivity index (χ3n) is 3.46. The van der Waals surface area contributed by atoms with Crippen LogP contribution in [0.15, 0.2) is 0 Å². The minimum atomic E-state index is 0.384. The van der Waals surface area contributed by atoms with Gasteiger partial charge in [-0.1, -0.05) is 47.0 Å². The summed E-state index contributed by atoms with van der Waals surface area (Å²) in [5, 5.41) is 3.52. The van der Waals surface area contributed by atoms with Crippen molar-refractivity contribution in [1.82, 2.24) is 5.32 Å². The molecular formula is C12H27N. The molecule has 0 radical (unpaired) electrons. The molecule has 0 bridgehead atoms. The molecule has 1 unspecified atom stereocenters. The highest BCUT2D eigenvalue weighted by atomic mass is 14.9. The van der Waals surface area contributed by atoms with Crippen molar-refractivity contribution in [2.24, 2.45) is 5.92 Å². The molecule has 0 aliphatic rings. The van der Waals surface area contributed by atoms with Crippen molar-refractivity contribution >= 4 is 0 Å². The Morgan fingerprint density at radius 3 is 2.08 bits per heavy atom. The highest BCUT2D eigenvalue weighted by molar-refractivity contribution is 4.88. The fraction of sp³-hybridized carbons (Fsp3) is 1.00. The standard InChI is InChI=1S/C12H27N/c1-6-8-9-10-12(7-2,13-5)11(3)4/h11,13H,6-10H2,1-5H3. The molecule has 1 nitrogen and oxygen atoms in total. The molecule has 80 valence electrons. The van der Waals surface area contributed by atoms with E-state index in [0.29, 0.717) is 5.54 Å². The molecule has 13 heavy (non-hydrogen) atoms. The zero-order valence-corrected chi connectivity index (χ0v) is 10.1. The zero-order valence-electron chi connectivity index (χ0n) is 10.1. The van der Waals surface area contributed by atoms with E-state index in [-0.39, 0.29) is 0 Å². The van der Waals surface area contributed by atoms with Crippen LogP contribution in [0.3, 0.4) is 0 Å². The van der Waals surface area contributed by atoms with Gasteiger partial charge in [0.1, 0.15) is 0 Å². The molecule has 0 amide bonds. The first-order valence-electron chi connectivity index (χ1n) is 5.81. The number of hydrogen-bond donors (Lipinski definition) is 1. The molecule has 0 saturated heterocycles. The Morgan fingerprint density at radius 2 is 1.77 bits per heavy atom. The molecule has 0 aliphatic heterocycles. The second-order valence-corrected chi connectivity index (χ2v) is 4.37. The summed E-state index contributed by atoms with van der Waals surface area (Å²) in [6.45, 7) is 9.21. The molecule has 0 saturated carbocycles. The van der Waals surface area contributed by atoms with Gasteiger partial charge >= 0.3 is 0 Å². The lowest BCUT2D eigenvalue weighted by Crippen LogP contribution is -2.47. The third-order valence-corrected chi connectivity index (χ3v) is 3.46. The summed E-state index contributed by atoms with van der Waals surface area (Å²) in [5.74, 6) is 0.736. The Hall–Kier alpha value is -0.0400. The van der Waals surface area contributed by atoms with Crippen LogP contribution in [0.25, 0.3) is 0 Å². The molecule has 0 rings (SSSR count). The molecule has 0 heterocycles. The maximum atomic E-state index is 3.52. The number of rotatable bonds is 7. The lowest BCUT2D eigenvalue weighted by Gasteiger charge is -2.37. The van der Waals surface area contributed by atoms with Crippen molar-refractivity contribution in [1.29, 1.82) is 0 Å². The normalized spacial score (nSPS) is 16.2. The Bertz CT molecular complexity index is 114. The van der Waals surface area contributed by atoms with Crippen LogP contribution in [0.2, 0.25) is 0 Å². The van der Waals surface area contributed by atoms with Crippen molar-refractivity contribution in [3.05, 3.63) is 0 Å². The third kappa shape index (κ3) is 3.68. The van der Waals surface area contributed by atoms with Crippen molar-refractivity contribution in [3.63, 3.8) is 0 Å². The summed E-state index contributed by atoms with van der Waals surface area (Å²) < 4.78 is 0. The van der Waals surface area contributed by atoms with Crippen LogP contribution < -0.4 is 5.32 Å². The molecule has 0 aromatic heterocycles. The lowest BCUT2D eigenvalue weighted by molar-refractivity contribution is 0.218. The van der Waals surface area contributed by atoms with E-state index >= 15 is 0 Å². The summed E-state index contributed by atoms with van der Waals surface area (Å²) >= 11 is 0. The smallest absolute Gasteiger partial charge is 0.0198 e. The van der Waals surface area contributed by atoms with E-state index in [4.69, 9.17) is 0 Å². The van der Waals surface area contributed by atoms with Gasteiger partial charge in [0.25, 0.3) is 0 Å². The van der Waals surface area contributed by atoms with Gasteiger partial charge < -0.3 is 5.32 Å². The average molecular weight is 185 g/mol. The van der Waals surface area contributed by atoms with Crippen LogP contribution >= 0.6 is 0 Å². The molecule has 1 heteroatoms. The predicted octanol–water partition coefficient (Wildman–Crippen LogP) is 3.59. The van der Waals surface area contributed by atoms with Gasteiger partial charge in [-0.05, 0) is 25.8 Å². The molecule has 0 aromatic carbocycles. The van der Waals surface area contributed by atoms with Crippen molar-refractivity contribution in [3.8, 4) is 0 Å². The van der Waals surface area contributed by atoms with Gasteiger partial charge in [-0.3, -0.25) is 0 Å². The topological polar surface area (TPSA) is 12.0 Å². The monoisotopic (exact) mass is 185 g/mol. The minimum Gasteiger partial charge on any atom is -0.314 e. The van der Waals surface area contributed by atoms with Gasteiger partial charge in [0.2, 0.25) is 0 Å². The Labute approximate surface area is 84.3 Å². The fourth-order valence-electron chi connectivity index (χ4n) is 2.15. The van der Waals surface area contributed by atoms with Gasteiger partial charge in [-0.2, -0.15) is 0 Å². The van der Waals surface area contributed by atoms with Gasteiger partial charge in [0, 0.05) is 5.54 Å². The first-order valence-corrected chi connectivity index (χ1v) is 5.81. The van der Waals surface area contributed by atoms with Crippen LogP contribution in [0.5, 0.6) is 0 Å². The Balaban J connectivity index is 4.06. The van der Waals surface area contributed by atoms with E-state index in [1.54, 1.807) is 0 Å². The summed E-state index contributed by atoms with van der Waals surface area (Å²) in [6.07, 6.45) is 6.62. The Kier molecular flexibility index (Phi) is 6.40. The summed E-state index contributed by atoms with van der Waals surface area (Å²) in [7, 11) is 2.11. The highest BCUT2D eigenvalue weighted by Crippen LogP contribution is 2.26. The van der Waals surface area contributed by atoms with Gasteiger partial charge in [-0.25, -0.2) is 0 Å². The second-order valence-electron chi connectivity index (χ2n) is 4.37. The SMILES string of the molecule is CCCCCC(CC)(NC)C(C)C. The molecular weight excluding hydrogens is 158 g/mol. The summed E-state index contributed by atoms with van der Waals surface area (Å²) in [5.41, 5.74) is 0.384. The summed E-state index contributed by atoms with van der Waals surface area (Å²) in [4.78, 5) is 0. The van der Waals surface area contributed by atoms with E-state index in [2.05, 4.69) is 40.1 Å². The first-order chi connectivity index (χ1) is 6.13. The summed E-state index contributed by atoms with van der Waals surface area (Å²) in [6, 6.07) is 0. The molecule has 0 aliphatic carbocycles. The highest BCUT2D eigenvalue weighted by Gasteiger charge is 2.28. The van der Waals surface area contributed by atoms with Crippen LogP contribution in [-0.2, 0) is 0 Å². The molecule has 1 atom stereocenters. The van der Waals surface area contributed by atoms with E-state index in [1.165, 1.54) is 32.1 Å². The molecule has 0 fully saturated rings. The maximum Gasteiger partial charge on any atom is 0.0198 e. The maximum absolute atomic E-state index is 3.52. The molecule has 0 aromatic rings. The van der Waals surface area contributed by atoms with Crippen LogP contribution in [0, 0.1) is 5.92 Å². The molecule has 1 N–H and O–H groups in total. The molecule has 0 spiro atoms. The van der Waals surface area contributed by atoms with Gasteiger partial charge in [0.05, 0.1) is 0 Å². The first kappa shape index (κ1) is 13.0. The van der Waals surface area contributed by atoms with Crippen LogP contribution in [-0.4, -0.2) is 12.6 Å². The van der Waals surface area contributed by atoms with Crippen molar-refractivity contribution in [2.75, 3.05) is 7.05 Å². The lowest BCUT2D eigenvalue weighted by atomic mass is 9.79. The predicted molar refractivity (Wildman–Crippen MR) is 61.1 cm³/mol. The second kappa shape index (κ2) is 6.42. The number of hydrogen-bond acceptors (Lipinski definition) is 1. The number of nitrogens with one attached hydrogen (secondary N) is 1. The van der Waals surface area contributed by atoms with Crippen molar-refractivity contribution in [2.45, 2.75) is 65.3 Å². The average Bonchev–Trinajstić information content (AvgIpc) is 2.13. The number of unbranched alkanes of at least 4 members (excludes halogenated alkanes) is 2. The van der Waals surface area contributed by atoms with E-state index < -0.39 is 0 Å². The van der Waals surface area contributed by atoms with E-state index in [0.717, 1.165) is 5.92 Å². The largest absolute Gasteiger partial charge is 0.314 e. The fourth-order valence-corrected chi connectivity index (χ4v) is 2.15. The Morgan fingerprint density at radius 1 is 1.15 bits per heavy atom. The van der Waals surface area contributed by atoms with Crippen LogP contribution in [0.1, 0.15) is 59.8 Å². The van der Waals surface area contributed by atoms with E-state index in [9.17, 15) is 0 Å². The minimum absolute atomic E-state index is 0.384. The quantitative estimate of drug-likeness (QED) is 0.598. The van der Waals surface area contributed by atoms with Crippen molar-refractivity contribution < 1.29 is 0 Å². The van der Waals surface area contributed by atoms with Gasteiger partial charge in [-0.15, -0.1) is 0 Å².